The molecule has 0 saturated heterocycles. The summed E-state index contributed by atoms with van der Waals surface area (Å²) in [4.78, 5) is 27.2. The molecule has 1 N–H and O–H groups in total. The lowest BCUT2D eigenvalue weighted by molar-refractivity contribution is -0.140. The molecule has 0 aliphatic heterocycles. The van der Waals surface area contributed by atoms with Gasteiger partial charge in [-0.25, -0.2) is 0 Å². The van der Waals surface area contributed by atoms with Crippen molar-refractivity contribution in [2.24, 2.45) is 0 Å². The second-order valence-corrected chi connectivity index (χ2v) is 8.09. The normalized spacial score (nSPS) is 12.0. The van der Waals surface area contributed by atoms with Crippen molar-refractivity contribution < 1.29 is 9.59 Å². The van der Waals surface area contributed by atoms with Gasteiger partial charge < -0.3 is 10.2 Å². The first-order valence-corrected chi connectivity index (χ1v) is 10.0. The highest BCUT2D eigenvalue weighted by molar-refractivity contribution is 6.42. The number of nitrogens with zero attached hydrogens (tertiary/aromatic N) is 1. The minimum Gasteiger partial charge on any atom is -0.352 e. The number of carbonyl (C=O) groups excluding carboxylic acids is 2. The van der Waals surface area contributed by atoms with E-state index in [2.05, 4.69) is 5.32 Å². The second kappa shape index (κ2) is 9.94. The van der Waals surface area contributed by atoms with Crippen LogP contribution in [-0.2, 0) is 22.6 Å². The van der Waals surface area contributed by atoms with Crippen molar-refractivity contribution >= 4 is 35.0 Å². The lowest BCUT2D eigenvalue weighted by atomic mass is 10.1. The molecule has 1 atom stereocenters. The van der Waals surface area contributed by atoms with Crippen molar-refractivity contribution in [3.05, 3.63) is 69.2 Å². The van der Waals surface area contributed by atoms with Crippen LogP contribution in [0.5, 0.6) is 0 Å². The van der Waals surface area contributed by atoms with E-state index in [-0.39, 0.29) is 30.8 Å². The third-order valence-electron chi connectivity index (χ3n) is 4.37. The second-order valence-electron chi connectivity index (χ2n) is 7.28. The predicted octanol–water partition coefficient (Wildman–Crippen LogP) is 4.79. The lowest BCUT2D eigenvalue weighted by Crippen LogP contribution is -2.49. The Balaban J connectivity index is 2.27. The van der Waals surface area contributed by atoms with E-state index in [1.807, 2.05) is 51.1 Å². The molecule has 6 heteroatoms. The zero-order valence-corrected chi connectivity index (χ0v) is 18.1. The molecule has 0 fully saturated rings. The smallest absolute Gasteiger partial charge is 0.242 e. The fourth-order valence-electron chi connectivity index (χ4n) is 2.92. The highest BCUT2D eigenvalue weighted by atomic mass is 35.5. The maximum Gasteiger partial charge on any atom is 0.242 e. The fraction of sp³-hybridized carbons (Fsp3) is 0.364. The standard InChI is InChI=1S/C22H26Cl2N2O2/c1-14(2)25-22(28)16(4)26(13-18-8-9-19(23)20(24)11-18)21(27)12-17-7-5-6-15(3)10-17/h5-11,14,16H,12-13H2,1-4H3,(H,25,28)/t16-/m1/s1. The number of aryl methyl sites for hydroxylation is 1. The van der Waals surface area contributed by atoms with Gasteiger partial charge in [0.2, 0.25) is 11.8 Å². The van der Waals surface area contributed by atoms with Crippen LogP contribution in [0, 0.1) is 6.92 Å². The predicted molar refractivity (Wildman–Crippen MR) is 115 cm³/mol. The van der Waals surface area contributed by atoms with E-state index in [0.717, 1.165) is 16.7 Å². The van der Waals surface area contributed by atoms with Gasteiger partial charge in [0.15, 0.2) is 0 Å². The number of carbonyl (C=O) groups is 2. The van der Waals surface area contributed by atoms with Crippen LogP contribution in [0.3, 0.4) is 0 Å². The molecule has 0 unspecified atom stereocenters. The number of rotatable bonds is 7. The zero-order valence-electron chi connectivity index (χ0n) is 16.6. The van der Waals surface area contributed by atoms with Crippen LogP contribution >= 0.6 is 23.2 Å². The van der Waals surface area contributed by atoms with Crippen molar-refractivity contribution in [1.82, 2.24) is 10.2 Å². The average Bonchev–Trinajstić information content (AvgIpc) is 2.61. The summed E-state index contributed by atoms with van der Waals surface area (Å²) in [6, 6.07) is 12.4. The molecule has 0 heterocycles. The Labute approximate surface area is 176 Å². The van der Waals surface area contributed by atoms with Gasteiger partial charge in [0.25, 0.3) is 0 Å². The molecule has 2 aromatic carbocycles. The van der Waals surface area contributed by atoms with Crippen LogP contribution in [-0.4, -0.2) is 28.8 Å². The van der Waals surface area contributed by atoms with Crippen molar-refractivity contribution in [2.75, 3.05) is 0 Å². The topological polar surface area (TPSA) is 49.4 Å². The molecule has 0 radical (unpaired) electrons. The van der Waals surface area contributed by atoms with E-state index >= 15 is 0 Å². The maximum absolute atomic E-state index is 13.1. The quantitative estimate of drug-likeness (QED) is 0.699. The molecule has 0 saturated carbocycles. The molecular weight excluding hydrogens is 395 g/mol. The molecule has 2 rings (SSSR count). The van der Waals surface area contributed by atoms with E-state index < -0.39 is 6.04 Å². The Morgan fingerprint density at radius 2 is 1.71 bits per heavy atom. The van der Waals surface area contributed by atoms with Gasteiger partial charge in [-0.2, -0.15) is 0 Å². The van der Waals surface area contributed by atoms with Gasteiger partial charge in [-0.3, -0.25) is 9.59 Å². The fourth-order valence-corrected chi connectivity index (χ4v) is 3.24. The van der Waals surface area contributed by atoms with Gasteiger partial charge in [0.05, 0.1) is 16.5 Å². The number of halogens is 2. The highest BCUT2D eigenvalue weighted by Crippen LogP contribution is 2.24. The Morgan fingerprint density at radius 3 is 2.32 bits per heavy atom. The molecule has 28 heavy (non-hydrogen) atoms. The summed E-state index contributed by atoms with van der Waals surface area (Å²) >= 11 is 12.1. The van der Waals surface area contributed by atoms with E-state index in [9.17, 15) is 9.59 Å². The molecule has 0 aromatic heterocycles. The van der Waals surface area contributed by atoms with Gasteiger partial charge in [0.1, 0.15) is 6.04 Å². The van der Waals surface area contributed by atoms with Crippen LogP contribution in [0.4, 0.5) is 0 Å². The first-order valence-electron chi connectivity index (χ1n) is 9.26. The van der Waals surface area contributed by atoms with Gasteiger partial charge in [0, 0.05) is 12.6 Å². The maximum atomic E-state index is 13.1. The third kappa shape index (κ3) is 6.25. The van der Waals surface area contributed by atoms with Crippen LogP contribution in [0.2, 0.25) is 10.0 Å². The number of nitrogens with one attached hydrogen (secondary N) is 1. The summed E-state index contributed by atoms with van der Waals surface area (Å²) in [7, 11) is 0. The van der Waals surface area contributed by atoms with Gasteiger partial charge in [-0.15, -0.1) is 0 Å². The first-order chi connectivity index (χ1) is 13.2. The molecular formula is C22H26Cl2N2O2. The van der Waals surface area contributed by atoms with Crippen molar-refractivity contribution in [1.29, 1.82) is 0 Å². The number of hydrogen-bond donors (Lipinski definition) is 1. The minimum atomic E-state index is -0.617. The molecule has 4 nitrogen and oxygen atoms in total. The molecule has 0 bridgehead atoms. The van der Waals surface area contributed by atoms with E-state index in [0.29, 0.717) is 10.0 Å². The molecule has 0 aliphatic carbocycles. The van der Waals surface area contributed by atoms with Crippen LogP contribution in [0.25, 0.3) is 0 Å². The Bertz CT molecular complexity index is 852. The Hall–Kier alpha value is -2.04. The number of amides is 2. The SMILES string of the molecule is Cc1cccc(CC(=O)N(Cc2ccc(Cl)c(Cl)c2)[C@H](C)C(=O)NC(C)C)c1. The van der Waals surface area contributed by atoms with Crippen molar-refractivity contribution in [3.63, 3.8) is 0 Å². The lowest BCUT2D eigenvalue weighted by Gasteiger charge is -2.29. The van der Waals surface area contributed by atoms with Crippen LogP contribution in [0.15, 0.2) is 42.5 Å². The molecule has 0 aliphatic rings. The molecule has 150 valence electrons. The summed E-state index contributed by atoms with van der Waals surface area (Å²) in [6.07, 6.45) is 0.225. The highest BCUT2D eigenvalue weighted by Gasteiger charge is 2.26. The van der Waals surface area contributed by atoms with Gasteiger partial charge in [-0.05, 0) is 51.0 Å². The molecule has 2 aromatic rings. The minimum absolute atomic E-state index is 0.00588. The Morgan fingerprint density at radius 1 is 1.00 bits per heavy atom. The Kier molecular flexibility index (Phi) is 7.90. The molecule has 2 amide bonds. The summed E-state index contributed by atoms with van der Waals surface area (Å²) in [5.41, 5.74) is 2.82. The van der Waals surface area contributed by atoms with Gasteiger partial charge in [-0.1, -0.05) is 59.1 Å². The summed E-state index contributed by atoms with van der Waals surface area (Å²) in [5.74, 6) is -0.310. The molecule has 0 spiro atoms. The number of hydrogen-bond acceptors (Lipinski definition) is 2. The largest absolute Gasteiger partial charge is 0.352 e. The van der Waals surface area contributed by atoms with E-state index in [4.69, 9.17) is 23.2 Å². The van der Waals surface area contributed by atoms with Gasteiger partial charge >= 0.3 is 0 Å². The van der Waals surface area contributed by atoms with Crippen LogP contribution in [0.1, 0.15) is 37.5 Å². The van der Waals surface area contributed by atoms with Crippen LogP contribution < -0.4 is 5.32 Å². The third-order valence-corrected chi connectivity index (χ3v) is 5.11. The summed E-state index contributed by atoms with van der Waals surface area (Å²) in [5, 5.41) is 3.75. The monoisotopic (exact) mass is 420 g/mol. The number of benzene rings is 2. The van der Waals surface area contributed by atoms with Crippen molar-refractivity contribution in [3.8, 4) is 0 Å². The zero-order chi connectivity index (χ0) is 20.8. The van der Waals surface area contributed by atoms with E-state index in [1.54, 1.807) is 24.0 Å². The average molecular weight is 421 g/mol. The van der Waals surface area contributed by atoms with Crippen molar-refractivity contribution in [2.45, 2.75) is 52.7 Å². The summed E-state index contributed by atoms with van der Waals surface area (Å²) < 4.78 is 0. The first kappa shape index (κ1) is 22.3. The summed E-state index contributed by atoms with van der Waals surface area (Å²) in [6.45, 7) is 7.78. The van der Waals surface area contributed by atoms with E-state index in [1.165, 1.54) is 0 Å².